The molecule has 3 heterocycles. The molecule has 1 saturated carbocycles. The first-order valence-electron chi connectivity index (χ1n) is 9.20. The molecule has 3 aliphatic rings. The quantitative estimate of drug-likeness (QED) is 0.931. The molecule has 4 rings (SSSR count). The molecule has 1 unspecified atom stereocenters. The van der Waals surface area contributed by atoms with Crippen LogP contribution in [0.3, 0.4) is 0 Å². The van der Waals surface area contributed by atoms with E-state index in [0.717, 1.165) is 38.0 Å². The molecule has 23 heavy (non-hydrogen) atoms. The lowest BCUT2D eigenvalue weighted by molar-refractivity contribution is -0.146. The van der Waals surface area contributed by atoms with E-state index in [-0.39, 0.29) is 11.5 Å². The van der Waals surface area contributed by atoms with Crippen molar-refractivity contribution in [3.63, 3.8) is 0 Å². The van der Waals surface area contributed by atoms with Crippen molar-refractivity contribution in [3.05, 3.63) is 17.5 Å². The summed E-state index contributed by atoms with van der Waals surface area (Å²) in [6.07, 6.45) is 10.6. The Hall–Kier alpha value is -1.36. The average molecular weight is 317 g/mol. The summed E-state index contributed by atoms with van der Waals surface area (Å²) >= 11 is 0. The summed E-state index contributed by atoms with van der Waals surface area (Å²) < 4.78 is 2.14. The Bertz CT molecular complexity index is 568. The predicted octanol–water partition coefficient (Wildman–Crippen LogP) is 2.83. The van der Waals surface area contributed by atoms with Gasteiger partial charge in [0.1, 0.15) is 0 Å². The van der Waals surface area contributed by atoms with Gasteiger partial charge < -0.3 is 5.11 Å². The molecule has 5 nitrogen and oxygen atoms in total. The lowest BCUT2D eigenvalue weighted by atomic mass is 9.72. The van der Waals surface area contributed by atoms with Gasteiger partial charge in [-0.25, -0.2) is 0 Å². The fourth-order valence-corrected chi connectivity index (χ4v) is 4.95. The van der Waals surface area contributed by atoms with Crippen LogP contribution in [0.5, 0.6) is 0 Å². The number of piperidine rings is 1. The number of carboxylic acid groups (broad SMARTS) is 1. The number of rotatable bonds is 3. The smallest absolute Gasteiger partial charge is 0.307 e. The maximum atomic E-state index is 11.5. The molecule has 5 heteroatoms. The van der Waals surface area contributed by atoms with Gasteiger partial charge in [0, 0.05) is 30.9 Å². The molecular formula is C18H27N3O2. The zero-order valence-electron chi connectivity index (χ0n) is 13.8. The van der Waals surface area contributed by atoms with Gasteiger partial charge in [0.15, 0.2) is 0 Å². The molecular weight excluding hydrogens is 290 g/mol. The zero-order valence-corrected chi connectivity index (χ0v) is 13.8. The minimum absolute atomic E-state index is 0.211. The monoisotopic (exact) mass is 317 g/mol. The molecule has 1 atom stereocenters. The molecule has 1 aromatic heterocycles. The predicted molar refractivity (Wildman–Crippen MR) is 87.1 cm³/mol. The summed E-state index contributed by atoms with van der Waals surface area (Å²) in [6, 6.07) is 2.24. The summed E-state index contributed by atoms with van der Waals surface area (Å²) in [5.74, 6) is -0.843. The third kappa shape index (κ3) is 2.80. The molecule has 0 bridgehead atoms. The third-order valence-electron chi connectivity index (χ3n) is 6.27. The van der Waals surface area contributed by atoms with Crippen LogP contribution in [0.2, 0.25) is 0 Å². The Balaban J connectivity index is 1.55. The largest absolute Gasteiger partial charge is 0.481 e. The number of likely N-dealkylation sites (tertiary alicyclic amines) is 1. The van der Waals surface area contributed by atoms with Crippen LogP contribution >= 0.6 is 0 Å². The first-order valence-corrected chi connectivity index (χ1v) is 9.20. The van der Waals surface area contributed by atoms with E-state index in [1.165, 1.54) is 44.2 Å². The number of fused-ring (bicyclic) bond motifs is 1. The topological polar surface area (TPSA) is 58.4 Å². The van der Waals surface area contributed by atoms with Crippen molar-refractivity contribution in [1.29, 1.82) is 0 Å². The van der Waals surface area contributed by atoms with Crippen molar-refractivity contribution < 1.29 is 9.90 Å². The van der Waals surface area contributed by atoms with Gasteiger partial charge >= 0.3 is 5.97 Å². The minimum atomic E-state index is -0.631. The van der Waals surface area contributed by atoms with E-state index in [9.17, 15) is 9.90 Å². The highest BCUT2D eigenvalue weighted by Gasteiger charge is 2.44. The van der Waals surface area contributed by atoms with Crippen LogP contribution in [0.15, 0.2) is 6.07 Å². The highest BCUT2D eigenvalue weighted by atomic mass is 16.4. The maximum Gasteiger partial charge on any atom is 0.307 e. The fraction of sp³-hybridized carbons (Fsp3) is 0.778. The van der Waals surface area contributed by atoms with Gasteiger partial charge in [0.05, 0.1) is 11.6 Å². The second-order valence-corrected chi connectivity index (χ2v) is 7.69. The van der Waals surface area contributed by atoms with Crippen LogP contribution in [0.1, 0.15) is 62.8 Å². The molecule has 0 aromatic carbocycles. The van der Waals surface area contributed by atoms with Crippen LogP contribution in [-0.4, -0.2) is 37.8 Å². The Morgan fingerprint density at radius 2 is 2.09 bits per heavy atom. The van der Waals surface area contributed by atoms with Crippen molar-refractivity contribution >= 4 is 5.97 Å². The van der Waals surface area contributed by atoms with E-state index in [4.69, 9.17) is 5.10 Å². The van der Waals surface area contributed by atoms with Gasteiger partial charge in [-0.15, -0.1) is 0 Å². The van der Waals surface area contributed by atoms with Gasteiger partial charge in [-0.1, -0.05) is 19.3 Å². The van der Waals surface area contributed by atoms with Gasteiger partial charge in [-0.2, -0.15) is 5.10 Å². The first kappa shape index (κ1) is 15.2. The van der Waals surface area contributed by atoms with Crippen molar-refractivity contribution in [3.8, 4) is 0 Å². The fourth-order valence-electron chi connectivity index (χ4n) is 4.95. The number of carboxylic acids is 1. The van der Waals surface area contributed by atoms with Crippen molar-refractivity contribution in [2.24, 2.45) is 5.92 Å². The number of carbonyl (C=O) groups is 1. The van der Waals surface area contributed by atoms with Crippen LogP contribution in [0.4, 0.5) is 0 Å². The van der Waals surface area contributed by atoms with Gasteiger partial charge in [0.25, 0.3) is 0 Å². The zero-order chi connectivity index (χ0) is 15.9. The number of nitrogens with zero attached hydrogens (tertiary/aromatic N) is 3. The molecule has 0 amide bonds. The SMILES string of the molecule is O=C(O)C1CCC2(CCCCC2)N(Cc2cc3n(n2)CCC3)C1. The lowest BCUT2D eigenvalue weighted by Crippen LogP contribution is -2.55. The summed E-state index contributed by atoms with van der Waals surface area (Å²) in [4.78, 5) is 14.0. The average Bonchev–Trinajstić information content (AvgIpc) is 3.11. The molecule has 1 saturated heterocycles. The molecule has 1 N–H and O–H groups in total. The van der Waals surface area contributed by atoms with Crippen molar-refractivity contribution in [1.82, 2.24) is 14.7 Å². The normalized spacial score (nSPS) is 27.2. The number of aliphatic carboxylic acids is 1. The van der Waals surface area contributed by atoms with Crippen molar-refractivity contribution in [2.75, 3.05) is 6.54 Å². The van der Waals surface area contributed by atoms with Crippen molar-refractivity contribution in [2.45, 2.75) is 76.4 Å². The van der Waals surface area contributed by atoms with Crippen LogP contribution < -0.4 is 0 Å². The second kappa shape index (κ2) is 5.93. The Labute approximate surface area is 137 Å². The highest BCUT2D eigenvalue weighted by molar-refractivity contribution is 5.70. The van der Waals surface area contributed by atoms with Gasteiger partial charge in [0.2, 0.25) is 0 Å². The molecule has 1 spiro atoms. The van der Waals surface area contributed by atoms with E-state index < -0.39 is 5.97 Å². The van der Waals surface area contributed by atoms with Gasteiger partial charge in [-0.3, -0.25) is 14.4 Å². The van der Waals surface area contributed by atoms with E-state index in [2.05, 4.69) is 15.6 Å². The van der Waals surface area contributed by atoms with Gasteiger partial charge in [-0.05, 0) is 44.6 Å². The molecule has 0 radical (unpaired) electrons. The third-order valence-corrected chi connectivity index (χ3v) is 6.27. The molecule has 2 aliphatic heterocycles. The maximum absolute atomic E-state index is 11.5. The molecule has 1 aliphatic carbocycles. The Kier molecular flexibility index (Phi) is 3.92. The Morgan fingerprint density at radius 1 is 1.26 bits per heavy atom. The highest BCUT2D eigenvalue weighted by Crippen LogP contribution is 2.42. The van der Waals surface area contributed by atoms with E-state index in [1.54, 1.807) is 0 Å². The lowest BCUT2D eigenvalue weighted by Gasteiger charge is -2.51. The standard InChI is InChI=1S/C18H27N3O2/c22-17(23)14-6-9-18(7-2-1-3-8-18)20(12-14)13-15-11-16-5-4-10-21(16)19-15/h11,14H,1-10,12-13H2,(H,22,23). The minimum Gasteiger partial charge on any atom is -0.481 e. The summed E-state index contributed by atoms with van der Waals surface area (Å²) in [5, 5.41) is 14.2. The molecule has 1 aromatic rings. The van der Waals surface area contributed by atoms with Crippen LogP contribution in [0.25, 0.3) is 0 Å². The van der Waals surface area contributed by atoms with E-state index in [0.29, 0.717) is 6.54 Å². The molecule has 126 valence electrons. The number of aromatic nitrogens is 2. The molecule has 2 fully saturated rings. The number of hydrogen-bond donors (Lipinski definition) is 1. The summed E-state index contributed by atoms with van der Waals surface area (Å²) in [5.41, 5.74) is 2.72. The van der Waals surface area contributed by atoms with E-state index >= 15 is 0 Å². The summed E-state index contributed by atoms with van der Waals surface area (Å²) in [7, 11) is 0. The number of aryl methyl sites for hydroxylation is 2. The van der Waals surface area contributed by atoms with E-state index in [1.807, 2.05) is 0 Å². The first-order chi connectivity index (χ1) is 11.2. The van der Waals surface area contributed by atoms with Crippen LogP contribution in [-0.2, 0) is 24.3 Å². The Morgan fingerprint density at radius 3 is 2.83 bits per heavy atom. The van der Waals surface area contributed by atoms with Crippen LogP contribution in [0, 0.1) is 5.92 Å². The second-order valence-electron chi connectivity index (χ2n) is 7.69. The summed E-state index contributed by atoms with van der Waals surface area (Å²) in [6.45, 7) is 2.56. The number of hydrogen-bond acceptors (Lipinski definition) is 3.